The molecule has 0 radical (unpaired) electrons. The summed E-state index contributed by atoms with van der Waals surface area (Å²) in [6.45, 7) is 2.78. The fourth-order valence-electron chi connectivity index (χ4n) is 1.57. The number of rotatable bonds is 6. The van der Waals surface area contributed by atoms with Crippen LogP contribution in [0.25, 0.3) is 0 Å². The SMILES string of the molecule is Cc1cc(NCCS(=O)(=O)O)ccc1CCN. The van der Waals surface area contributed by atoms with Gasteiger partial charge in [-0.05, 0) is 43.1 Å². The van der Waals surface area contributed by atoms with Crippen molar-refractivity contribution in [2.24, 2.45) is 5.73 Å². The van der Waals surface area contributed by atoms with E-state index >= 15 is 0 Å². The fraction of sp³-hybridized carbons (Fsp3) is 0.455. The van der Waals surface area contributed by atoms with E-state index in [2.05, 4.69) is 5.32 Å². The minimum Gasteiger partial charge on any atom is -0.384 e. The molecule has 4 N–H and O–H groups in total. The van der Waals surface area contributed by atoms with Crippen molar-refractivity contribution in [1.82, 2.24) is 0 Å². The van der Waals surface area contributed by atoms with E-state index in [1.165, 1.54) is 5.56 Å². The minimum absolute atomic E-state index is 0.189. The van der Waals surface area contributed by atoms with Gasteiger partial charge in [0, 0.05) is 12.2 Å². The van der Waals surface area contributed by atoms with Crippen LogP contribution in [-0.2, 0) is 16.5 Å². The number of hydrogen-bond acceptors (Lipinski definition) is 4. The highest BCUT2D eigenvalue weighted by Crippen LogP contribution is 2.15. The van der Waals surface area contributed by atoms with Gasteiger partial charge < -0.3 is 11.1 Å². The molecule has 0 heterocycles. The zero-order valence-corrected chi connectivity index (χ0v) is 10.6. The van der Waals surface area contributed by atoms with Gasteiger partial charge in [0.25, 0.3) is 10.1 Å². The maximum absolute atomic E-state index is 10.5. The Morgan fingerprint density at radius 2 is 2.12 bits per heavy atom. The van der Waals surface area contributed by atoms with Gasteiger partial charge in [-0.1, -0.05) is 6.07 Å². The molecule has 5 nitrogen and oxygen atoms in total. The summed E-state index contributed by atoms with van der Waals surface area (Å²) in [6, 6.07) is 5.79. The van der Waals surface area contributed by atoms with Crippen molar-refractivity contribution >= 4 is 15.8 Å². The van der Waals surface area contributed by atoms with E-state index in [0.29, 0.717) is 6.54 Å². The van der Waals surface area contributed by atoms with Crippen LogP contribution in [0.3, 0.4) is 0 Å². The van der Waals surface area contributed by atoms with Gasteiger partial charge in [0.15, 0.2) is 0 Å². The molecule has 0 aliphatic rings. The van der Waals surface area contributed by atoms with Crippen LogP contribution in [0, 0.1) is 6.92 Å². The van der Waals surface area contributed by atoms with Crippen LogP contribution >= 0.6 is 0 Å². The molecule has 0 aromatic heterocycles. The Kier molecular flexibility index (Phi) is 4.92. The monoisotopic (exact) mass is 258 g/mol. The predicted molar refractivity (Wildman–Crippen MR) is 68.8 cm³/mol. The molecule has 0 spiro atoms. The summed E-state index contributed by atoms with van der Waals surface area (Å²) in [5.41, 5.74) is 8.63. The maximum atomic E-state index is 10.5. The Labute approximate surface area is 102 Å². The second-order valence-electron chi connectivity index (χ2n) is 3.89. The van der Waals surface area contributed by atoms with Crippen LogP contribution in [0.15, 0.2) is 18.2 Å². The molecule has 6 heteroatoms. The van der Waals surface area contributed by atoms with Crippen molar-refractivity contribution in [2.45, 2.75) is 13.3 Å². The maximum Gasteiger partial charge on any atom is 0.266 e. The lowest BCUT2D eigenvalue weighted by atomic mass is 10.1. The second-order valence-corrected chi connectivity index (χ2v) is 5.46. The quantitative estimate of drug-likeness (QED) is 0.656. The van der Waals surface area contributed by atoms with Crippen LogP contribution in [0.1, 0.15) is 11.1 Å². The lowest BCUT2D eigenvalue weighted by molar-refractivity contribution is 0.484. The van der Waals surface area contributed by atoms with E-state index in [9.17, 15) is 8.42 Å². The standard InChI is InChI=1S/C11H18N2O3S/c1-9-8-11(3-2-10(9)4-5-12)13-6-7-17(14,15)16/h2-3,8,13H,4-7,12H2,1H3,(H,14,15,16). The highest BCUT2D eigenvalue weighted by Gasteiger charge is 2.04. The third-order valence-corrected chi connectivity index (χ3v) is 3.17. The van der Waals surface area contributed by atoms with Crippen LogP contribution in [0.4, 0.5) is 5.69 Å². The average molecular weight is 258 g/mol. The average Bonchev–Trinajstić information content (AvgIpc) is 2.20. The molecule has 0 aliphatic carbocycles. The van der Waals surface area contributed by atoms with Gasteiger partial charge in [0.1, 0.15) is 0 Å². The van der Waals surface area contributed by atoms with E-state index in [4.69, 9.17) is 10.3 Å². The van der Waals surface area contributed by atoms with Gasteiger partial charge in [-0.25, -0.2) is 0 Å². The molecule has 1 aromatic rings. The first kappa shape index (κ1) is 14.0. The summed E-state index contributed by atoms with van der Waals surface area (Å²) in [5.74, 6) is -0.295. The van der Waals surface area contributed by atoms with Crippen LogP contribution < -0.4 is 11.1 Å². The highest BCUT2D eigenvalue weighted by molar-refractivity contribution is 7.85. The Morgan fingerprint density at radius 3 is 2.65 bits per heavy atom. The third-order valence-electron chi connectivity index (χ3n) is 2.45. The van der Waals surface area contributed by atoms with Gasteiger partial charge in [-0.2, -0.15) is 8.42 Å². The fourth-order valence-corrected chi connectivity index (χ4v) is 1.93. The molecule has 0 bridgehead atoms. The van der Waals surface area contributed by atoms with E-state index in [0.717, 1.165) is 17.7 Å². The van der Waals surface area contributed by atoms with Gasteiger partial charge in [0.05, 0.1) is 5.75 Å². The van der Waals surface area contributed by atoms with Crippen molar-refractivity contribution in [3.8, 4) is 0 Å². The van der Waals surface area contributed by atoms with E-state index < -0.39 is 10.1 Å². The molecule has 0 saturated heterocycles. The van der Waals surface area contributed by atoms with Crippen molar-refractivity contribution in [2.75, 3.05) is 24.2 Å². The zero-order chi connectivity index (χ0) is 12.9. The van der Waals surface area contributed by atoms with Crippen LogP contribution in [0.5, 0.6) is 0 Å². The van der Waals surface area contributed by atoms with Gasteiger partial charge in [-0.3, -0.25) is 4.55 Å². The molecular formula is C11H18N2O3S. The molecular weight excluding hydrogens is 240 g/mol. The zero-order valence-electron chi connectivity index (χ0n) is 9.81. The van der Waals surface area contributed by atoms with Crippen LogP contribution in [-0.4, -0.2) is 31.8 Å². The summed E-state index contributed by atoms with van der Waals surface area (Å²) in [6.07, 6.45) is 0.830. The minimum atomic E-state index is -3.90. The molecule has 0 amide bonds. The Balaban J connectivity index is 2.58. The molecule has 0 fully saturated rings. The van der Waals surface area contributed by atoms with Crippen molar-refractivity contribution in [3.63, 3.8) is 0 Å². The largest absolute Gasteiger partial charge is 0.384 e. The van der Waals surface area contributed by atoms with Gasteiger partial charge >= 0.3 is 0 Å². The summed E-state index contributed by atoms with van der Waals surface area (Å²) < 4.78 is 29.6. The summed E-state index contributed by atoms with van der Waals surface area (Å²) >= 11 is 0. The Morgan fingerprint density at radius 1 is 1.41 bits per heavy atom. The molecule has 0 atom stereocenters. The van der Waals surface area contributed by atoms with E-state index in [1.54, 1.807) is 0 Å². The Bertz CT molecular complexity index is 472. The highest BCUT2D eigenvalue weighted by atomic mass is 32.2. The normalized spacial score (nSPS) is 11.5. The Hall–Kier alpha value is -1.11. The first-order valence-corrected chi connectivity index (χ1v) is 7.02. The molecule has 0 aliphatic heterocycles. The van der Waals surface area contributed by atoms with Crippen molar-refractivity contribution in [3.05, 3.63) is 29.3 Å². The lowest BCUT2D eigenvalue weighted by Gasteiger charge is -2.09. The summed E-state index contributed by atoms with van der Waals surface area (Å²) in [7, 11) is -3.90. The molecule has 96 valence electrons. The predicted octanol–water partition coefficient (Wildman–Crippen LogP) is 0.796. The molecule has 17 heavy (non-hydrogen) atoms. The molecule has 0 unspecified atom stereocenters. The van der Waals surface area contributed by atoms with E-state index in [1.807, 2.05) is 25.1 Å². The molecule has 1 rings (SSSR count). The topological polar surface area (TPSA) is 92.4 Å². The molecule has 1 aromatic carbocycles. The summed E-state index contributed by atoms with van der Waals surface area (Å²) in [4.78, 5) is 0. The van der Waals surface area contributed by atoms with Crippen molar-refractivity contribution < 1.29 is 13.0 Å². The lowest BCUT2D eigenvalue weighted by Crippen LogP contribution is -2.14. The van der Waals surface area contributed by atoms with Gasteiger partial charge in [0.2, 0.25) is 0 Å². The number of aryl methyl sites for hydroxylation is 1. The number of benzene rings is 1. The van der Waals surface area contributed by atoms with Crippen LogP contribution in [0.2, 0.25) is 0 Å². The van der Waals surface area contributed by atoms with Gasteiger partial charge in [-0.15, -0.1) is 0 Å². The number of anilines is 1. The third kappa shape index (κ3) is 5.16. The second kappa shape index (κ2) is 6.00. The number of hydrogen-bond donors (Lipinski definition) is 3. The molecule has 0 saturated carbocycles. The number of nitrogens with two attached hydrogens (primary N) is 1. The number of nitrogens with one attached hydrogen (secondary N) is 1. The first-order chi connectivity index (χ1) is 7.92. The smallest absolute Gasteiger partial charge is 0.266 e. The van der Waals surface area contributed by atoms with E-state index in [-0.39, 0.29) is 12.3 Å². The van der Waals surface area contributed by atoms with Crippen molar-refractivity contribution in [1.29, 1.82) is 0 Å². The summed E-state index contributed by atoms with van der Waals surface area (Å²) in [5, 5.41) is 2.94. The first-order valence-electron chi connectivity index (χ1n) is 5.41.